The van der Waals surface area contributed by atoms with Crippen molar-refractivity contribution in [1.82, 2.24) is 9.97 Å². The largest absolute Gasteiger partial charge is 0.365 e. The van der Waals surface area contributed by atoms with Crippen molar-refractivity contribution >= 4 is 39.7 Å². The fourth-order valence-electron chi connectivity index (χ4n) is 4.36. The number of rotatable bonds is 6. The summed E-state index contributed by atoms with van der Waals surface area (Å²) in [6, 6.07) is 18.9. The van der Waals surface area contributed by atoms with E-state index in [1.54, 1.807) is 18.2 Å². The molecule has 176 valence electrons. The van der Waals surface area contributed by atoms with Gasteiger partial charge in [-0.05, 0) is 56.4 Å². The van der Waals surface area contributed by atoms with Gasteiger partial charge in [0, 0.05) is 27.8 Å². The van der Waals surface area contributed by atoms with Gasteiger partial charge in [-0.1, -0.05) is 36.4 Å². The topological polar surface area (TPSA) is 110 Å². The number of fused-ring (bicyclic) bond motifs is 1. The van der Waals surface area contributed by atoms with E-state index < -0.39 is 5.91 Å². The molecule has 2 aromatic heterocycles. The van der Waals surface area contributed by atoms with Crippen LogP contribution >= 0.6 is 11.3 Å². The minimum Gasteiger partial charge on any atom is -0.365 e. The van der Waals surface area contributed by atoms with E-state index in [9.17, 15) is 9.59 Å². The van der Waals surface area contributed by atoms with Gasteiger partial charge < -0.3 is 16.4 Å². The maximum absolute atomic E-state index is 13.1. The number of thiophene rings is 1. The van der Waals surface area contributed by atoms with Crippen molar-refractivity contribution < 1.29 is 9.59 Å². The average Bonchev–Trinajstić information content (AvgIpc) is 3.22. The number of nitrogens with two attached hydrogens (primary N) is 1. The number of aryl methyl sites for hydroxylation is 2. The Hall–Kier alpha value is -4.04. The Morgan fingerprint density at radius 3 is 2.57 bits per heavy atom. The first-order valence-corrected chi connectivity index (χ1v) is 12.3. The maximum Gasteiger partial charge on any atom is 0.256 e. The van der Waals surface area contributed by atoms with Gasteiger partial charge in [-0.15, -0.1) is 11.3 Å². The van der Waals surface area contributed by atoms with Crippen LogP contribution in [0.2, 0.25) is 0 Å². The van der Waals surface area contributed by atoms with Gasteiger partial charge in [0.1, 0.15) is 16.6 Å². The van der Waals surface area contributed by atoms with Crippen LogP contribution in [-0.2, 0) is 12.8 Å². The van der Waals surface area contributed by atoms with E-state index in [1.165, 1.54) is 11.3 Å². The predicted molar refractivity (Wildman–Crippen MR) is 139 cm³/mol. The standard InChI is InChI=1S/C27H25N5O2S/c1-16-29-21(17-8-3-2-4-9-17)15-23(30-16)31-19-11-7-10-18(14-19)26(34)32-27-24(25(28)33)20-12-5-6-13-22(20)35-27/h2-4,7-11,14-15H,5-6,12-13H2,1H3,(H2,28,33)(H,32,34)(H,29,30,31). The number of carbonyl (C=O) groups excluding carboxylic acids is 2. The van der Waals surface area contributed by atoms with Gasteiger partial charge in [-0.2, -0.15) is 0 Å². The highest BCUT2D eigenvalue weighted by Gasteiger charge is 2.25. The summed E-state index contributed by atoms with van der Waals surface area (Å²) < 4.78 is 0. The van der Waals surface area contributed by atoms with E-state index in [0.717, 1.165) is 53.1 Å². The number of nitrogens with one attached hydrogen (secondary N) is 2. The third-order valence-electron chi connectivity index (χ3n) is 5.95. The Balaban J connectivity index is 1.38. The van der Waals surface area contributed by atoms with Gasteiger partial charge in [0.15, 0.2) is 0 Å². The van der Waals surface area contributed by atoms with Crippen molar-refractivity contribution in [3.8, 4) is 11.3 Å². The summed E-state index contributed by atoms with van der Waals surface area (Å²) in [5, 5.41) is 6.74. The van der Waals surface area contributed by atoms with E-state index in [4.69, 9.17) is 5.73 Å². The van der Waals surface area contributed by atoms with Gasteiger partial charge in [-0.3, -0.25) is 9.59 Å². The quantitative estimate of drug-likeness (QED) is 0.336. The first-order valence-electron chi connectivity index (χ1n) is 11.5. The molecule has 2 amide bonds. The van der Waals surface area contributed by atoms with Crippen molar-refractivity contribution in [1.29, 1.82) is 0 Å². The molecule has 0 radical (unpaired) electrons. The average molecular weight is 484 g/mol. The molecule has 0 saturated carbocycles. The molecule has 1 aliphatic carbocycles. The van der Waals surface area contributed by atoms with E-state index in [2.05, 4.69) is 20.6 Å². The normalized spacial score (nSPS) is 12.6. The summed E-state index contributed by atoms with van der Waals surface area (Å²) in [5.74, 6) is 0.487. The summed E-state index contributed by atoms with van der Waals surface area (Å²) in [5.41, 5.74) is 10.1. The fourth-order valence-corrected chi connectivity index (χ4v) is 5.65. The summed E-state index contributed by atoms with van der Waals surface area (Å²) in [4.78, 5) is 35.4. The summed E-state index contributed by atoms with van der Waals surface area (Å²) in [7, 11) is 0. The molecule has 5 rings (SSSR count). The Morgan fingerprint density at radius 2 is 1.77 bits per heavy atom. The van der Waals surface area contributed by atoms with Crippen molar-refractivity contribution in [2.24, 2.45) is 5.73 Å². The zero-order valence-corrected chi connectivity index (χ0v) is 20.1. The zero-order valence-electron chi connectivity index (χ0n) is 19.3. The Labute approximate surface area is 207 Å². The highest BCUT2D eigenvalue weighted by Crippen LogP contribution is 2.38. The minimum absolute atomic E-state index is 0.293. The Bertz CT molecular complexity index is 1410. The number of hydrogen-bond acceptors (Lipinski definition) is 6. The number of hydrogen-bond donors (Lipinski definition) is 3. The van der Waals surface area contributed by atoms with Crippen LogP contribution in [0.4, 0.5) is 16.5 Å². The predicted octanol–water partition coefficient (Wildman–Crippen LogP) is 5.49. The zero-order chi connectivity index (χ0) is 24.4. The van der Waals surface area contributed by atoms with Crippen LogP contribution in [0.5, 0.6) is 0 Å². The van der Waals surface area contributed by atoms with Crippen molar-refractivity contribution in [2.45, 2.75) is 32.6 Å². The molecule has 2 heterocycles. The van der Waals surface area contributed by atoms with Crippen molar-refractivity contribution in [2.75, 3.05) is 10.6 Å². The van der Waals surface area contributed by atoms with Crippen LogP contribution in [0.1, 0.15) is 49.8 Å². The Morgan fingerprint density at radius 1 is 0.971 bits per heavy atom. The molecule has 1 aliphatic rings. The lowest BCUT2D eigenvalue weighted by Gasteiger charge is -2.11. The van der Waals surface area contributed by atoms with E-state index in [0.29, 0.717) is 27.8 Å². The number of primary amides is 1. The van der Waals surface area contributed by atoms with E-state index >= 15 is 0 Å². The second kappa shape index (κ2) is 9.68. The fraction of sp³-hybridized carbons (Fsp3) is 0.185. The van der Waals surface area contributed by atoms with Crippen LogP contribution in [0.25, 0.3) is 11.3 Å². The summed E-state index contributed by atoms with van der Waals surface area (Å²) in [6.45, 7) is 1.85. The van der Waals surface area contributed by atoms with Crippen molar-refractivity contribution in [3.05, 3.63) is 88.1 Å². The molecule has 7 nitrogen and oxygen atoms in total. The number of anilines is 3. The minimum atomic E-state index is -0.497. The number of benzene rings is 2. The van der Waals surface area contributed by atoms with Crippen LogP contribution < -0.4 is 16.4 Å². The van der Waals surface area contributed by atoms with E-state index in [-0.39, 0.29) is 5.91 Å². The molecule has 0 saturated heterocycles. The first-order chi connectivity index (χ1) is 17.0. The Kier molecular flexibility index (Phi) is 6.29. The van der Waals surface area contributed by atoms with Gasteiger partial charge in [-0.25, -0.2) is 9.97 Å². The molecule has 8 heteroatoms. The molecule has 35 heavy (non-hydrogen) atoms. The summed E-state index contributed by atoms with van der Waals surface area (Å²) in [6.07, 6.45) is 3.85. The number of nitrogens with zero attached hydrogens (tertiary/aromatic N) is 2. The maximum atomic E-state index is 13.1. The molecule has 0 aliphatic heterocycles. The lowest BCUT2D eigenvalue weighted by atomic mass is 9.95. The number of aromatic nitrogens is 2. The molecule has 0 unspecified atom stereocenters. The lowest BCUT2D eigenvalue weighted by molar-refractivity contribution is 0.100. The van der Waals surface area contributed by atoms with Gasteiger partial charge >= 0.3 is 0 Å². The van der Waals surface area contributed by atoms with Crippen LogP contribution in [0, 0.1) is 6.92 Å². The second-order valence-electron chi connectivity index (χ2n) is 8.49. The first kappa shape index (κ1) is 22.7. The molecule has 0 atom stereocenters. The van der Waals surface area contributed by atoms with E-state index in [1.807, 2.05) is 49.4 Å². The van der Waals surface area contributed by atoms with Crippen LogP contribution in [0.15, 0.2) is 60.7 Å². The highest BCUT2D eigenvalue weighted by atomic mass is 32.1. The molecule has 4 aromatic rings. The van der Waals surface area contributed by atoms with Gasteiger partial charge in [0.05, 0.1) is 11.3 Å². The monoisotopic (exact) mass is 483 g/mol. The SMILES string of the molecule is Cc1nc(Nc2cccc(C(=O)Nc3sc4c(c3C(N)=O)CCCC4)c2)cc(-c2ccccc2)n1. The third kappa shape index (κ3) is 4.93. The third-order valence-corrected chi connectivity index (χ3v) is 7.16. The molecule has 0 bridgehead atoms. The van der Waals surface area contributed by atoms with Crippen molar-refractivity contribution in [3.63, 3.8) is 0 Å². The molecule has 2 aromatic carbocycles. The molecule has 0 fully saturated rings. The van der Waals surface area contributed by atoms with Gasteiger partial charge in [0.25, 0.3) is 11.8 Å². The molecule has 0 spiro atoms. The number of carbonyl (C=O) groups is 2. The number of amides is 2. The second-order valence-corrected chi connectivity index (χ2v) is 9.60. The highest BCUT2D eigenvalue weighted by molar-refractivity contribution is 7.17. The smallest absolute Gasteiger partial charge is 0.256 e. The summed E-state index contributed by atoms with van der Waals surface area (Å²) >= 11 is 1.46. The molecule has 4 N–H and O–H groups in total. The lowest BCUT2D eigenvalue weighted by Crippen LogP contribution is -2.18. The molecular formula is C27H25N5O2S. The molecular weight excluding hydrogens is 458 g/mol. The van der Waals surface area contributed by atoms with Crippen LogP contribution in [0.3, 0.4) is 0 Å². The van der Waals surface area contributed by atoms with Gasteiger partial charge in [0.2, 0.25) is 0 Å². The van der Waals surface area contributed by atoms with Crippen LogP contribution in [-0.4, -0.2) is 21.8 Å².